The van der Waals surface area contributed by atoms with E-state index in [0.717, 1.165) is 43.2 Å². The van der Waals surface area contributed by atoms with Gasteiger partial charge >= 0.3 is 0 Å². The number of nitrogens with one attached hydrogen (secondary N) is 1. The van der Waals surface area contributed by atoms with E-state index in [-0.39, 0.29) is 10.8 Å². The molecule has 0 unspecified atom stereocenters. The highest BCUT2D eigenvalue weighted by Gasteiger charge is 2.31. The molecule has 0 bridgehead atoms. The van der Waals surface area contributed by atoms with Gasteiger partial charge in [0.05, 0.1) is 6.20 Å². The highest BCUT2D eigenvalue weighted by atomic mass is 32.2. The summed E-state index contributed by atoms with van der Waals surface area (Å²) in [5.41, 5.74) is 0.770. The fraction of sp³-hybridized carbons (Fsp3) is 0.529. The van der Waals surface area contributed by atoms with E-state index in [9.17, 15) is 8.42 Å². The molecule has 1 aliphatic carbocycles. The summed E-state index contributed by atoms with van der Waals surface area (Å²) in [5.74, 6) is 2.53. The average Bonchev–Trinajstić information content (AvgIpc) is 3.19. The van der Waals surface area contributed by atoms with Gasteiger partial charge in [-0.1, -0.05) is 6.42 Å². The monoisotopic (exact) mass is 402 g/mol. The number of aromatic nitrogens is 6. The lowest BCUT2D eigenvalue weighted by molar-refractivity contribution is 0.390. The van der Waals surface area contributed by atoms with Crippen molar-refractivity contribution in [3.8, 4) is 0 Å². The van der Waals surface area contributed by atoms with Crippen LogP contribution in [0.2, 0.25) is 0 Å². The maximum atomic E-state index is 12.3. The van der Waals surface area contributed by atoms with Crippen LogP contribution in [0, 0.1) is 5.92 Å². The van der Waals surface area contributed by atoms with Crippen molar-refractivity contribution >= 4 is 21.5 Å². The molecule has 0 radical (unpaired) electrons. The number of rotatable bonds is 6. The lowest BCUT2D eigenvalue weighted by atomic mass is 9.85. The van der Waals surface area contributed by atoms with Crippen molar-refractivity contribution in [2.24, 2.45) is 13.0 Å². The first-order valence-corrected chi connectivity index (χ1v) is 10.9. The predicted octanol–water partition coefficient (Wildman–Crippen LogP) is 0.540. The summed E-state index contributed by atoms with van der Waals surface area (Å²) < 4.78 is 30.6. The van der Waals surface area contributed by atoms with Gasteiger partial charge in [0.25, 0.3) is 0 Å². The van der Waals surface area contributed by atoms with Gasteiger partial charge in [0, 0.05) is 44.7 Å². The quantitative estimate of drug-likeness (QED) is 0.641. The first kappa shape index (κ1) is 17.6. The van der Waals surface area contributed by atoms with Crippen molar-refractivity contribution < 1.29 is 8.42 Å². The zero-order valence-electron chi connectivity index (χ0n) is 15.6. The minimum atomic E-state index is -3.51. The molecule has 1 N–H and O–H groups in total. The Morgan fingerprint density at radius 3 is 2.71 bits per heavy atom. The van der Waals surface area contributed by atoms with Crippen LogP contribution < -0.4 is 9.62 Å². The summed E-state index contributed by atoms with van der Waals surface area (Å²) in [6.45, 7) is 1.92. The summed E-state index contributed by atoms with van der Waals surface area (Å²) in [6, 6.07) is 3.89. The Morgan fingerprint density at radius 1 is 1.21 bits per heavy atom. The third kappa shape index (κ3) is 3.04. The lowest BCUT2D eigenvalue weighted by Crippen LogP contribution is -2.51. The largest absolute Gasteiger partial charge is 0.354 e. The third-order valence-corrected chi connectivity index (χ3v) is 6.96. The van der Waals surface area contributed by atoms with Crippen LogP contribution in [0.5, 0.6) is 0 Å². The Labute approximate surface area is 162 Å². The van der Waals surface area contributed by atoms with Crippen molar-refractivity contribution in [3.05, 3.63) is 30.4 Å². The Morgan fingerprint density at radius 2 is 2.04 bits per heavy atom. The van der Waals surface area contributed by atoms with E-state index in [2.05, 4.69) is 24.9 Å². The second kappa shape index (κ2) is 6.52. The Bertz CT molecular complexity index is 1110. The van der Waals surface area contributed by atoms with Crippen molar-refractivity contribution in [3.63, 3.8) is 0 Å². The molecule has 1 saturated heterocycles. The molecule has 1 saturated carbocycles. The number of sulfonamides is 1. The first-order valence-electron chi connectivity index (χ1n) is 9.45. The molecule has 0 atom stereocenters. The highest BCUT2D eigenvalue weighted by molar-refractivity contribution is 7.89. The van der Waals surface area contributed by atoms with Gasteiger partial charge in [0.2, 0.25) is 10.0 Å². The minimum Gasteiger partial charge on any atom is -0.354 e. The molecule has 0 spiro atoms. The maximum Gasteiger partial charge on any atom is 0.243 e. The van der Waals surface area contributed by atoms with Crippen LogP contribution in [0.25, 0.3) is 5.65 Å². The predicted molar refractivity (Wildman–Crippen MR) is 101 cm³/mol. The smallest absolute Gasteiger partial charge is 0.243 e. The lowest BCUT2D eigenvalue weighted by Gasteiger charge is -2.40. The van der Waals surface area contributed by atoms with E-state index in [0.29, 0.717) is 12.5 Å². The molecule has 2 aliphatic rings. The summed E-state index contributed by atoms with van der Waals surface area (Å²) in [6.07, 6.45) is 6.38. The van der Waals surface area contributed by atoms with Gasteiger partial charge in [-0.05, 0) is 25.0 Å². The van der Waals surface area contributed by atoms with Crippen LogP contribution in [0.1, 0.15) is 31.0 Å². The molecular formula is C17H22N8O2S. The summed E-state index contributed by atoms with van der Waals surface area (Å²) in [4.78, 5) is 2.34. The number of aryl methyl sites for hydroxylation is 1. The molecule has 2 fully saturated rings. The van der Waals surface area contributed by atoms with Gasteiger partial charge in [-0.15, -0.1) is 15.3 Å². The number of hydrogen-bond donors (Lipinski definition) is 1. The Balaban J connectivity index is 1.22. The van der Waals surface area contributed by atoms with Crippen LogP contribution in [-0.4, -0.2) is 57.6 Å². The summed E-state index contributed by atoms with van der Waals surface area (Å²) in [7, 11) is -1.82. The normalized spacial score (nSPS) is 18.4. The van der Waals surface area contributed by atoms with Gasteiger partial charge in [0.15, 0.2) is 11.5 Å². The van der Waals surface area contributed by atoms with Gasteiger partial charge in [-0.3, -0.25) is 4.68 Å². The zero-order valence-corrected chi connectivity index (χ0v) is 16.4. The fourth-order valence-corrected chi connectivity index (χ4v) is 4.72. The van der Waals surface area contributed by atoms with Crippen molar-refractivity contribution in [1.82, 2.24) is 34.3 Å². The second-order valence-corrected chi connectivity index (χ2v) is 9.39. The highest BCUT2D eigenvalue weighted by Crippen LogP contribution is 2.35. The van der Waals surface area contributed by atoms with E-state index in [1.165, 1.54) is 23.5 Å². The molecule has 4 heterocycles. The molecule has 5 rings (SSSR count). The third-order valence-electron chi connectivity index (χ3n) is 5.58. The number of hydrogen-bond acceptors (Lipinski definition) is 7. The van der Waals surface area contributed by atoms with Gasteiger partial charge in [-0.25, -0.2) is 13.1 Å². The van der Waals surface area contributed by atoms with Crippen LogP contribution in [0.3, 0.4) is 0 Å². The Kier molecular flexibility index (Phi) is 4.09. The van der Waals surface area contributed by atoms with Crippen LogP contribution in [-0.2, 0) is 17.1 Å². The standard InChI is InChI=1S/C17H22N8O2S/c1-23-11-14(8-18-23)28(26,27)19-7-12-9-24(10-12)16-6-5-15-20-21-17(25(15)22-16)13-3-2-4-13/h5-6,8,11-13,19H,2-4,7,9-10H2,1H3. The van der Waals surface area contributed by atoms with Crippen LogP contribution >= 0.6 is 0 Å². The van der Waals surface area contributed by atoms with Gasteiger partial charge in [0.1, 0.15) is 10.7 Å². The molecule has 148 valence electrons. The molecule has 10 nitrogen and oxygen atoms in total. The zero-order chi connectivity index (χ0) is 19.3. The maximum absolute atomic E-state index is 12.3. The van der Waals surface area contributed by atoms with Crippen LogP contribution in [0.15, 0.2) is 29.4 Å². The van der Waals surface area contributed by atoms with E-state index >= 15 is 0 Å². The van der Waals surface area contributed by atoms with E-state index in [1.807, 2.05) is 16.6 Å². The van der Waals surface area contributed by atoms with E-state index < -0.39 is 10.0 Å². The number of anilines is 1. The van der Waals surface area contributed by atoms with Gasteiger partial charge < -0.3 is 4.90 Å². The SMILES string of the molecule is Cn1cc(S(=O)(=O)NCC2CN(c3ccc4nnc(C5CCC5)n4n3)C2)cn1. The molecule has 3 aromatic rings. The van der Waals surface area contributed by atoms with E-state index in [4.69, 9.17) is 5.10 Å². The average molecular weight is 402 g/mol. The van der Waals surface area contributed by atoms with Gasteiger partial charge in [-0.2, -0.15) is 9.61 Å². The van der Waals surface area contributed by atoms with Crippen LogP contribution in [0.4, 0.5) is 5.82 Å². The molecule has 28 heavy (non-hydrogen) atoms. The molecule has 1 aliphatic heterocycles. The molecule has 3 aromatic heterocycles. The molecular weight excluding hydrogens is 380 g/mol. The Hall–Kier alpha value is -2.53. The van der Waals surface area contributed by atoms with Crippen molar-refractivity contribution in [1.29, 1.82) is 0 Å². The second-order valence-electron chi connectivity index (χ2n) is 7.62. The summed E-state index contributed by atoms with van der Waals surface area (Å²) >= 11 is 0. The topological polar surface area (TPSA) is 110 Å². The molecule has 11 heteroatoms. The molecule has 0 aromatic carbocycles. The number of nitrogens with zero attached hydrogens (tertiary/aromatic N) is 7. The fourth-order valence-electron chi connectivity index (χ4n) is 3.62. The van der Waals surface area contributed by atoms with E-state index in [1.54, 1.807) is 7.05 Å². The number of fused-ring (bicyclic) bond motifs is 1. The van der Waals surface area contributed by atoms with Crippen molar-refractivity contribution in [2.75, 3.05) is 24.5 Å². The minimum absolute atomic E-state index is 0.189. The summed E-state index contributed by atoms with van der Waals surface area (Å²) in [5, 5.41) is 17.2. The van der Waals surface area contributed by atoms with Crippen molar-refractivity contribution in [2.45, 2.75) is 30.1 Å². The molecule has 0 amide bonds. The first-order chi connectivity index (χ1) is 13.5.